The van der Waals surface area contributed by atoms with Crippen LogP contribution in [0.3, 0.4) is 0 Å². The number of rotatable bonds is 10. The Balaban J connectivity index is 2.63. The summed E-state index contributed by atoms with van der Waals surface area (Å²) in [5.74, 6) is -0.681. The van der Waals surface area contributed by atoms with Gasteiger partial charge in [-0.2, -0.15) is 11.8 Å². The molecule has 9 heteroatoms. The molecule has 0 aliphatic carbocycles. The molecule has 0 aliphatic rings. The average Bonchev–Trinajstić information content (AvgIpc) is 2.68. The fourth-order valence-electron chi connectivity index (χ4n) is 2.15. The van der Waals surface area contributed by atoms with E-state index >= 15 is 0 Å². The zero-order valence-electron chi connectivity index (χ0n) is 15.7. The molecule has 1 aromatic rings. The summed E-state index contributed by atoms with van der Waals surface area (Å²) in [5.41, 5.74) is 0.872. The molecule has 1 atom stereocenters. The van der Waals surface area contributed by atoms with Crippen LogP contribution in [0.5, 0.6) is 0 Å². The Morgan fingerprint density at radius 1 is 1.07 bits per heavy atom. The molecular weight excluding hydrogens is 370 g/mol. The SMILES string of the molecule is CNC(=O)CCC(=O)Nc1ccc(C(=O)N[C@H](CCSC)C(=O)OC)cc1. The fourth-order valence-corrected chi connectivity index (χ4v) is 2.62. The lowest BCUT2D eigenvalue weighted by Crippen LogP contribution is -2.41. The lowest BCUT2D eigenvalue weighted by molar-refractivity contribution is -0.142. The number of hydrogen-bond donors (Lipinski definition) is 3. The Morgan fingerprint density at radius 2 is 1.70 bits per heavy atom. The highest BCUT2D eigenvalue weighted by atomic mass is 32.2. The zero-order valence-corrected chi connectivity index (χ0v) is 16.5. The summed E-state index contributed by atoms with van der Waals surface area (Å²) in [6, 6.07) is 5.56. The number of nitrogens with one attached hydrogen (secondary N) is 3. The minimum Gasteiger partial charge on any atom is -0.467 e. The minimum atomic E-state index is -0.709. The molecule has 1 aromatic carbocycles. The topological polar surface area (TPSA) is 114 Å². The number of esters is 1. The summed E-state index contributed by atoms with van der Waals surface area (Å²) in [4.78, 5) is 47.0. The van der Waals surface area contributed by atoms with E-state index in [-0.39, 0.29) is 24.7 Å². The molecule has 0 bridgehead atoms. The van der Waals surface area contributed by atoms with Crippen LogP contribution in [0.25, 0.3) is 0 Å². The molecule has 27 heavy (non-hydrogen) atoms. The van der Waals surface area contributed by atoms with Gasteiger partial charge in [0.2, 0.25) is 11.8 Å². The molecule has 0 radical (unpaired) electrons. The van der Waals surface area contributed by atoms with Gasteiger partial charge in [-0.15, -0.1) is 0 Å². The second-order valence-corrected chi connectivity index (χ2v) is 6.61. The minimum absolute atomic E-state index is 0.0676. The van der Waals surface area contributed by atoms with Gasteiger partial charge in [0.15, 0.2) is 0 Å². The van der Waals surface area contributed by atoms with Crippen LogP contribution in [-0.4, -0.2) is 55.9 Å². The summed E-state index contributed by atoms with van der Waals surface area (Å²) in [6.07, 6.45) is 2.56. The number of carbonyl (C=O) groups is 4. The highest BCUT2D eigenvalue weighted by Gasteiger charge is 2.21. The third kappa shape index (κ3) is 8.12. The third-order valence-electron chi connectivity index (χ3n) is 3.69. The van der Waals surface area contributed by atoms with Crippen LogP contribution in [0.1, 0.15) is 29.6 Å². The Morgan fingerprint density at radius 3 is 2.26 bits per heavy atom. The van der Waals surface area contributed by atoms with Gasteiger partial charge in [-0.1, -0.05) is 0 Å². The molecule has 0 saturated heterocycles. The Bertz CT molecular complexity index is 663. The quantitative estimate of drug-likeness (QED) is 0.513. The van der Waals surface area contributed by atoms with Crippen molar-refractivity contribution in [1.29, 1.82) is 0 Å². The lowest BCUT2D eigenvalue weighted by Gasteiger charge is -2.16. The van der Waals surface area contributed by atoms with Crippen LogP contribution in [0.15, 0.2) is 24.3 Å². The van der Waals surface area contributed by atoms with Gasteiger partial charge >= 0.3 is 5.97 Å². The van der Waals surface area contributed by atoms with Crippen LogP contribution < -0.4 is 16.0 Å². The van der Waals surface area contributed by atoms with Crippen molar-refractivity contribution in [3.8, 4) is 0 Å². The van der Waals surface area contributed by atoms with E-state index in [1.165, 1.54) is 14.2 Å². The van der Waals surface area contributed by atoms with E-state index in [1.807, 2.05) is 6.26 Å². The van der Waals surface area contributed by atoms with Gasteiger partial charge in [-0.05, 0) is 42.7 Å². The largest absolute Gasteiger partial charge is 0.467 e. The van der Waals surface area contributed by atoms with Gasteiger partial charge in [-0.25, -0.2) is 4.79 Å². The van der Waals surface area contributed by atoms with Gasteiger partial charge in [0.05, 0.1) is 7.11 Å². The van der Waals surface area contributed by atoms with Gasteiger partial charge in [0.1, 0.15) is 6.04 Å². The van der Waals surface area contributed by atoms with E-state index in [9.17, 15) is 19.2 Å². The zero-order chi connectivity index (χ0) is 20.2. The molecule has 3 amide bonds. The lowest BCUT2D eigenvalue weighted by atomic mass is 10.1. The van der Waals surface area contributed by atoms with Gasteiger partial charge in [0, 0.05) is 31.1 Å². The van der Waals surface area contributed by atoms with Crippen molar-refractivity contribution >= 4 is 41.1 Å². The second kappa shape index (κ2) is 11.9. The molecule has 148 valence electrons. The average molecular weight is 395 g/mol. The Kier molecular flexibility index (Phi) is 9.95. The summed E-state index contributed by atoms with van der Waals surface area (Å²) in [5, 5.41) is 7.76. The van der Waals surface area contributed by atoms with Crippen molar-refractivity contribution in [2.75, 3.05) is 31.5 Å². The van der Waals surface area contributed by atoms with E-state index in [0.717, 1.165) is 0 Å². The smallest absolute Gasteiger partial charge is 0.328 e. The molecule has 0 heterocycles. The number of carbonyl (C=O) groups excluding carboxylic acids is 4. The predicted octanol–water partition coefficient (Wildman–Crippen LogP) is 1.18. The Hall–Kier alpha value is -2.55. The summed E-state index contributed by atoms with van der Waals surface area (Å²) in [6.45, 7) is 0. The maximum absolute atomic E-state index is 12.3. The van der Waals surface area contributed by atoms with E-state index in [1.54, 1.807) is 36.0 Å². The molecule has 0 aromatic heterocycles. The number of benzene rings is 1. The van der Waals surface area contributed by atoms with Crippen molar-refractivity contribution < 1.29 is 23.9 Å². The van der Waals surface area contributed by atoms with Gasteiger partial charge in [0.25, 0.3) is 5.91 Å². The van der Waals surface area contributed by atoms with Crippen molar-refractivity contribution in [1.82, 2.24) is 10.6 Å². The van der Waals surface area contributed by atoms with E-state index in [4.69, 9.17) is 4.74 Å². The van der Waals surface area contributed by atoms with Gasteiger partial charge in [-0.3, -0.25) is 14.4 Å². The monoisotopic (exact) mass is 395 g/mol. The van der Waals surface area contributed by atoms with E-state index in [2.05, 4.69) is 16.0 Å². The maximum atomic E-state index is 12.3. The second-order valence-electron chi connectivity index (χ2n) is 5.63. The van der Waals surface area contributed by atoms with E-state index in [0.29, 0.717) is 23.4 Å². The van der Waals surface area contributed by atoms with Crippen molar-refractivity contribution in [3.05, 3.63) is 29.8 Å². The number of hydrogen-bond acceptors (Lipinski definition) is 6. The molecule has 1 rings (SSSR count). The first-order chi connectivity index (χ1) is 12.9. The van der Waals surface area contributed by atoms with Crippen LogP contribution in [-0.2, 0) is 19.1 Å². The number of thioether (sulfide) groups is 1. The first kappa shape index (κ1) is 22.5. The van der Waals surface area contributed by atoms with E-state index < -0.39 is 17.9 Å². The molecule has 0 unspecified atom stereocenters. The molecule has 0 aliphatic heterocycles. The number of anilines is 1. The normalized spacial score (nSPS) is 11.2. The number of amides is 3. The molecule has 0 spiro atoms. The molecular formula is C18H25N3O5S. The standard InChI is InChI=1S/C18H25N3O5S/c1-19-15(22)8-9-16(23)20-13-6-4-12(5-7-13)17(24)21-14(10-11-27-3)18(25)26-2/h4-7,14H,8-11H2,1-3H3,(H,19,22)(H,20,23)(H,21,24)/t14-/m1/s1. The molecule has 0 fully saturated rings. The van der Waals surface area contributed by atoms with Crippen LogP contribution in [0, 0.1) is 0 Å². The third-order valence-corrected chi connectivity index (χ3v) is 4.33. The van der Waals surface area contributed by atoms with Gasteiger partial charge < -0.3 is 20.7 Å². The van der Waals surface area contributed by atoms with Crippen LogP contribution >= 0.6 is 11.8 Å². The number of methoxy groups -OCH3 is 1. The fraction of sp³-hybridized carbons (Fsp3) is 0.444. The van der Waals surface area contributed by atoms with Crippen molar-refractivity contribution in [2.45, 2.75) is 25.3 Å². The van der Waals surface area contributed by atoms with Crippen LogP contribution in [0.2, 0.25) is 0 Å². The molecule has 8 nitrogen and oxygen atoms in total. The number of ether oxygens (including phenoxy) is 1. The predicted molar refractivity (Wildman–Crippen MR) is 105 cm³/mol. The molecule has 0 saturated carbocycles. The highest BCUT2D eigenvalue weighted by molar-refractivity contribution is 7.98. The first-order valence-corrected chi connectivity index (χ1v) is 9.78. The van der Waals surface area contributed by atoms with Crippen molar-refractivity contribution in [3.63, 3.8) is 0 Å². The maximum Gasteiger partial charge on any atom is 0.328 e. The first-order valence-electron chi connectivity index (χ1n) is 8.39. The Labute approximate surface area is 162 Å². The highest BCUT2D eigenvalue weighted by Crippen LogP contribution is 2.11. The van der Waals surface area contributed by atoms with Crippen molar-refractivity contribution in [2.24, 2.45) is 0 Å². The summed E-state index contributed by atoms with van der Waals surface area (Å²) in [7, 11) is 2.79. The summed E-state index contributed by atoms with van der Waals surface area (Å²) < 4.78 is 4.72. The molecule has 3 N–H and O–H groups in total. The van der Waals surface area contributed by atoms with Crippen LogP contribution in [0.4, 0.5) is 5.69 Å². The summed E-state index contributed by atoms with van der Waals surface area (Å²) >= 11 is 1.57.